The van der Waals surface area contributed by atoms with E-state index in [1.165, 1.54) is 0 Å². The molecule has 3 rings (SSSR count). The Labute approximate surface area is 126 Å². The van der Waals surface area contributed by atoms with Crippen LogP contribution in [0.15, 0.2) is 84.9 Å². The SMILES string of the molecule is [2H]C([2H])([2H])c1ccccc1P(c1ccccc1)c1ccccc1. The summed E-state index contributed by atoms with van der Waals surface area (Å²) in [4.78, 5) is 0. The summed E-state index contributed by atoms with van der Waals surface area (Å²) < 4.78 is 23.6. The highest BCUT2D eigenvalue weighted by atomic mass is 31.1. The molecule has 0 nitrogen and oxygen atoms in total. The summed E-state index contributed by atoms with van der Waals surface area (Å²) >= 11 is 0. The van der Waals surface area contributed by atoms with Crippen molar-refractivity contribution in [3.05, 3.63) is 90.5 Å². The molecule has 1 heteroatoms. The summed E-state index contributed by atoms with van der Waals surface area (Å²) in [5, 5.41) is 3.22. The number of rotatable bonds is 3. The maximum Gasteiger partial charge on any atom is 0.0280 e. The Morgan fingerprint density at radius 1 is 0.650 bits per heavy atom. The van der Waals surface area contributed by atoms with Gasteiger partial charge >= 0.3 is 0 Å². The van der Waals surface area contributed by atoms with Gasteiger partial charge in [-0.3, -0.25) is 0 Å². The summed E-state index contributed by atoms with van der Waals surface area (Å²) in [6.07, 6.45) is 0. The number of hydrogen-bond donors (Lipinski definition) is 0. The summed E-state index contributed by atoms with van der Waals surface area (Å²) in [5.41, 5.74) is 0.443. The first-order valence-corrected chi connectivity index (χ1v) is 7.91. The fraction of sp³-hybridized carbons (Fsp3) is 0.0526. The largest absolute Gasteiger partial charge is 0.0622 e. The lowest BCUT2D eigenvalue weighted by Crippen LogP contribution is -2.22. The Kier molecular flexibility index (Phi) is 2.99. The average molecular weight is 279 g/mol. The minimum atomic E-state index is -2.11. The van der Waals surface area contributed by atoms with E-state index in [0.29, 0.717) is 5.56 Å². The molecule has 0 saturated carbocycles. The average Bonchev–Trinajstić information content (AvgIpc) is 2.57. The molecular formula is C19H17P. The van der Waals surface area contributed by atoms with Crippen molar-refractivity contribution in [1.82, 2.24) is 0 Å². The van der Waals surface area contributed by atoms with Crippen LogP contribution in [0, 0.1) is 6.85 Å². The highest BCUT2D eigenvalue weighted by Gasteiger charge is 2.17. The van der Waals surface area contributed by atoms with Crippen molar-refractivity contribution in [2.45, 2.75) is 6.85 Å². The molecule has 0 atom stereocenters. The smallest absolute Gasteiger partial charge is 0.0280 e. The Balaban J connectivity index is 2.22. The van der Waals surface area contributed by atoms with E-state index >= 15 is 0 Å². The molecular weight excluding hydrogens is 259 g/mol. The molecule has 0 aromatic heterocycles. The molecule has 0 aliphatic heterocycles. The van der Waals surface area contributed by atoms with Gasteiger partial charge in [-0.25, -0.2) is 0 Å². The van der Waals surface area contributed by atoms with Crippen LogP contribution in [0.25, 0.3) is 0 Å². The predicted molar refractivity (Wildman–Crippen MR) is 89.9 cm³/mol. The van der Waals surface area contributed by atoms with E-state index < -0.39 is 14.8 Å². The molecule has 0 bridgehead atoms. The zero-order chi connectivity index (χ0) is 16.3. The molecule has 0 amide bonds. The van der Waals surface area contributed by atoms with E-state index in [1.807, 2.05) is 48.5 Å². The quantitative estimate of drug-likeness (QED) is 0.640. The third-order valence-corrected chi connectivity index (χ3v) is 5.67. The predicted octanol–water partition coefficient (Wildman–Crippen LogP) is 3.75. The van der Waals surface area contributed by atoms with Gasteiger partial charge in [-0.05, 0) is 36.3 Å². The van der Waals surface area contributed by atoms with E-state index in [1.54, 1.807) is 12.1 Å². The maximum absolute atomic E-state index is 7.88. The lowest BCUT2D eigenvalue weighted by molar-refractivity contribution is 1.52. The third-order valence-electron chi connectivity index (χ3n) is 3.17. The molecule has 98 valence electrons. The first-order valence-electron chi connectivity index (χ1n) is 8.07. The van der Waals surface area contributed by atoms with Crippen LogP contribution in [0.3, 0.4) is 0 Å². The maximum atomic E-state index is 7.88. The van der Waals surface area contributed by atoms with Crippen LogP contribution in [0.5, 0.6) is 0 Å². The normalized spacial score (nSPS) is 13.6. The van der Waals surface area contributed by atoms with E-state index in [0.717, 1.165) is 15.9 Å². The van der Waals surface area contributed by atoms with E-state index in [9.17, 15) is 0 Å². The first-order chi connectivity index (χ1) is 11.1. The monoisotopic (exact) mass is 279 g/mol. The van der Waals surface area contributed by atoms with E-state index in [4.69, 9.17) is 4.11 Å². The summed E-state index contributed by atoms with van der Waals surface area (Å²) in [6, 6.07) is 27.7. The van der Waals surface area contributed by atoms with Gasteiger partial charge in [-0.2, -0.15) is 0 Å². The van der Waals surface area contributed by atoms with Crippen molar-refractivity contribution in [2.24, 2.45) is 0 Å². The summed E-state index contributed by atoms with van der Waals surface area (Å²) in [7, 11) is -0.891. The van der Waals surface area contributed by atoms with Crippen LogP contribution in [0.4, 0.5) is 0 Å². The van der Waals surface area contributed by atoms with Crippen molar-refractivity contribution >= 4 is 23.8 Å². The lowest BCUT2D eigenvalue weighted by atomic mass is 10.2. The second-order valence-corrected chi connectivity index (χ2v) is 6.71. The molecule has 0 fully saturated rings. The van der Waals surface area contributed by atoms with Crippen molar-refractivity contribution in [2.75, 3.05) is 0 Å². The molecule has 3 aromatic rings. The molecule has 3 aromatic carbocycles. The van der Waals surface area contributed by atoms with Gasteiger partial charge in [0.2, 0.25) is 0 Å². The summed E-state index contributed by atoms with van der Waals surface area (Å²) in [6.45, 7) is -2.11. The van der Waals surface area contributed by atoms with Crippen LogP contribution in [-0.4, -0.2) is 0 Å². The van der Waals surface area contributed by atoms with Crippen LogP contribution in [0.2, 0.25) is 0 Å². The van der Waals surface area contributed by atoms with Gasteiger partial charge in [-0.1, -0.05) is 84.9 Å². The van der Waals surface area contributed by atoms with Crippen LogP contribution < -0.4 is 15.9 Å². The molecule has 0 N–H and O–H groups in total. The van der Waals surface area contributed by atoms with Gasteiger partial charge in [0.15, 0.2) is 0 Å². The fourth-order valence-corrected chi connectivity index (χ4v) is 4.60. The molecule has 0 heterocycles. The first kappa shape index (κ1) is 9.91. The molecule has 20 heavy (non-hydrogen) atoms. The van der Waals surface area contributed by atoms with Gasteiger partial charge < -0.3 is 0 Å². The van der Waals surface area contributed by atoms with E-state index in [2.05, 4.69) is 24.3 Å². The Morgan fingerprint density at radius 2 is 1.15 bits per heavy atom. The Hall–Kier alpha value is -1.91. The fourth-order valence-electron chi connectivity index (χ4n) is 2.25. The number of benzene rings is 3. The molecule has 0 spiro atoms. The van der Waals surface area contributed by atoms with Gasteiger partial charge in [0.1, 0.15) is 0 Å². The van der Waals surface area contributed by atoms with Gasteiger partial charge in [-0.15, -0.1) is 0 Å². The number of aryl methyl sites for hydroxylation is 1. The zero-order valence-corrected chi connectivity index (χ0v) is 11.9. The van der Waals surface area contributed by atoms with Crippen LogP contribution >= 0.6 is 7.92 Å². The van der Waals surface area contributed by atoms with Crippen molar-refractivity contribution in [3.63, 3.8) is 0 Å². The third kappa shape index (κ3) is 2.66. The second kappa shape index (κ2) is 6.03. The number of hydrogen-bond acceptors (Lipinski definition) is 0. The van der Waals surface area contributed by atoms with Crippen molar-refractivity contribution in [1.29, 1.82) is 0 Å². The molecule has 0 aliphatic carbocycles. The van der Waals surface area contributed by atoms with Gasteiger partial charge in [0.25, 0.3) is 0 Å². The standard InChI is InChI=1S/C19H17P/c1-16-10-8-9-15-19(16)20(17-11-4-2-5-12-17)18-13-6-3-7-14-18/h2-15H,1H3/i1D3. The summed E-state index contributed by atoms with van der Waals surface area (Å²) in [5.74, 6) is 0. The molecule has 0 unspecified atom stereocenters. The van der Waals surface area contributed by atoms with Gasteiger partial charge in [0.05, 0.1) is 0 Å². The van der Waals surface area contributed by atoms with Gasteiger partial charge in [0, 0.05) is 4.11 Å². The molecule has 0 saturated heterocycles. The minimum absolute atomic E-state index is 0.443. The molecule has 0 radical (unpaired) electrons. The Bertz CT molecular complexity index is 728. The second-order valence-electron chi connectivity index (χ2n) is 4.52. The highest BCUT2D eigenvalue weighted by Crippen LogP contribution is 2.33. The van der Waals surface area contributed by atoms with E-state index in [-0.39, 0.29) is 0 Å². The van der Waals surface area contributed by atoms with Crippen LogP contribution in [0.1, 0.15) is 9.68 Å². The lowest BCUT2D eigenvalue weighted by Gasteiger charge is -2.21. The highest BCUT2D eigenvalue weighted by molar-refractivity contribution is 7.79. The van der Waals surface area contributed by atoms with Crippen LogP contribution in [-0.2, 0) is 0 Å². The van der Waals surface area contributed by atoms with Crippen molar-refractivity contribution in [3.8, 4) is 0 Å². The van der Waals surface area contributed by atoms with Crippen molar-refractivity contribution < 1.29 is 4.11 Å². The topological polar surface area (TPSA) is 0 Å². The zero-order valence-electron chi connectivity index (χ0n) is 14.0. The Morgan fingerprint density at radius 3 is 1.70 bits per heavy atom. The minimum Gasteiger partial charge on any atom is -0.0622 e. The molecule has 0 aliphatic rings.